The van der Waals surface area contributed by atoms with E-state index in [-0.39, 0.29) is 11.8 Å². The van der Waals surface area contributed by atoms with Crippen molar-refractivity contribution < 1.29 is 5.21 Å². The summed E-state index contributed by atoms with van der Waals surface area (Å²) in [6.45, 7) is 5.30. The molecule has 21 heavy (non-hydrogen) atoms. The van der Waals surface area contributed by atoms with Crippen molar-refractivity contribution in [2.24, 2.45) is 10.9 Å². The average Bonchev–Trinajstić information content (AvgIpc) is 3.04. The lowest BCUT2D eigenvalue weighted by molar-refractivity contribution is 0.315. The number of nitrogens with one attached hydrogen (secondary N) is 1. The fraction of sp³-hybridized carbons (Fsp3) is 0.562. The number of hydrogen-bond acceptors (Lipinski definition) is 4. The van der Waals surface area contributed by atoms with E-state index in [1.54, 1.807) is 0 Å². The summed E-state index contributed by atoms with van der Waals surface area (Å²) in [6.07, 6.45) is 3.82. The van der Waals surface area contributed by atoms with Gasteiger partial charge in [-0.1, -0.05) is 35.5 Å². The van der Waals surface area contributed by atoms with E-state index in [9.17, 15) is 0 Å². The molecule has 2 rings (SSSR count). The molecule has 0 aromatic heterocycles. The molecule has 1 heterocycles. The summed E-state index contributed by atoms with van der Waals surface area (Å²) < 4.78 is 0. The van der Waals surface area contributed by atoms with Crippen LogP contribution in [-0.2, 0) is 0 Å². The summed E-state index contributed by atoms with van der Waals surface area (Å²) in [6, 6.07) is 9.93. The summed E-state index contributed by atoms with van der Waals surface area (Å²) in [5.74, 6) is 0.177. The lowest BCUT2D eigenvalue weighted by Gasteiger charge is -2.18. The van der Waals surface area contributed by atoms with Crippen LogP contribution in [-0.4, -0.2) is 48.7 Å². The Bertz CT molecular complexity index is 429. The fourth-order valence-electron chi connectivity index (χ4n) is 2.83. The molecule has 4 N–H and O–H groups in total. The Morgan fingerprint density at radius 3 is 2.67 bits per heavy atom. The molecule has 1 saturated heterocycles. The molecule has 0 aliphatic carbocycles. The molecule has 0 bridgehead atoms. The van der Waals surface area contributed by atoms with Crippen molar-refractivity contribution in [1.82, 2.24) is 10.2 Å². The molecule has 1 aliphatic heterocycles. The molecule has 0 radical (unpaired) electrons. The molecule has 1 aliphatic rings. The van der Waals surface area contributed by atoms with Crippen LogP contribution in [0.5, 0.6) is 0 Å². The van der Waals surface area contributed by atoms with Crippen LogP contribution < -0.4 is 11.1 Å². The van der Waals surface area contributed by atoms with Gasteiger partial charge >= 0.3 is 0 Å². The number of rotatable bonds is 8. The molecular formula is C16H26N4O. The van der Waals surface area contributed by atoms with Crippen LogP contribution in [0.1, 0.15) is 30.7 Å². The summed E-state index contributed by atoms with van der Waals surface area (Å²) in [7, 11) is 0. The van der Waals surface area contributed by atoms with E-state index in [0.29, 0.717) is 6.54 Å². The van der Waals surface area contributed by atoms with Crippen molar-refractivity contribution in [2.45, 2.75) is 25.2 Å². The highest BCUT2D eigenvalue weighted by Crippen LogP contribution is 2.14. The Morgan fingerprint density at radius 1 is 1.29 bits per heavy atom. The van der Waals surface area contributed by atoms with Gasteiger partial charge in [0, 0.05) is 6.54 Å². The third-order valence-electron chi connectivity index (χ3n) is 4.05. The molecule has 0 amide bonds. The monoisotopic (exact) mass is 290 g/mol. The molecule has 1 aromatic rings. The number of amidine groups is 1. The summed E-state index contributed by atoms with van der Waals surface area (Å²) in [5.41, 5.74) is 6.88. The standard InChI is InChI=1S/C16H26N4O/c17-16(19-21)15(14-7-2-1-3-8-14)13-18-9-6-12-20-10-4-5-11-20/h1-3,7-8,15,18,21H,4-6,9-13H2,(H2,17,19). The van der Waals surface area contributed by atoms with E-state index >= 15 is 0 Å². The van der Waals surface area contributed by atoms with Crippen molar-refractivity contribution in [3.8, 4) is 0 Å². The number of hydrogen-bond donors (Lipinski definition) is 3. The van der Waals surface area contributed by atoms with Gasteiger partial charge in [0.05, 0.1) is 5.92 Å². The number of nitrogens with two attached hydrogens (primary N) is 1. The van der Waals surface area contributed by atoms with Crippen LogP contribution in [0.15, 0.2) is 35.5 Å². The van der Waals surface area contributed by atoms with E-state index in [0.717, 1.165) is 25.1 Å². The second kappa shape index (κ2) is 8.64. The maximum Gasteiger partial charge on any atom is 0.147 e. The minimum Gasteiger partial charge on any atom is -0.409 e. The van der Waals surface area contributed by atoms with Crippen LogP contribution >= 0.6 is 0 Å². The molecule has 1 fully saturated rings. The summed E-state index contributed by atoms with van der Waals surface area (Å²) >= 11 is 0. The number of likely N-dealkylation sites (tertiary alicyclic amines) is 1. The van der Waals surface area contributed by atoms with Gasteiger partial charge in [-0.25, -0.2) is 0 Å². The van der Waals surface area contributed by atoms with Gasteiger partial charge in [-0.3, -0.25) is 0 Å². The largest absolute Gasteiger partial charge is 0.409 e. The van der Waals surface area contributed by atoms with Crippen LogP contribution in [0.25, 0.3) is 0 Å². The zero-order valence-electron chi connectivity index (χ0n) is 12.5. The molecular weight excluding hydrogens is 264 g/mol. The van der Waals surface area contributed by atoms with Crippen molar-refractivity contribution in [3.05, 3.63) is 35.9 Å². The average molecular weight is 290 g/mol. The molecule has 5 heteroatoms. The first-order valence-electron chi connectivity index (χ1n) is 7.76. The van der Waals surface area contributed by atoms with Gasteiger partial charge in [-0.15, -0.1) is 0 Å². The fourth-order valence-corrected chi connectivity index (χ4v) is 2.83. The first-order chi connectivity index (χ1) is 10.3. The maximum atomic E-state index is 8.94. The molecule has 0 saturated carbocycles. The Balaban J connectivity index is 1.74. The summed E-state index contributed by atoms with van der Waals surface area (Å²) in [4.78, 5) is 2.51. The van der Waals surface area contributed by atoms with Crippen LogP contribution in [0.3, 0.4) is 0 Å². The van der Waals surface area contributed by atoms with Gasteiger partial charge in [0.15, 0.2) is 0 Å². The highest BCUT2D eigenvalue weighted by atomic mass is 16.4. The third-order valence-corrected chi connectivity index (χ3v) is 4.05. The SMILES string of the molecule is NC(=NO)C(CNCCCN1CCCC1)c1ccccc1. The number of oxime groups is 1. The quantitative estimate of drug-likeness (QED) is 0.223. The first-order valence-corrected chi connectivity index (χ1v) is 7.76. The molecule has 116 valence electrons. The van der Waals surface area contributed by atoms with Gasteiger partial charge < -0.3 is 21.2 Å². The van der Waals surface area contributed by atoms with Gasteiger partial charge in [-0.05, 0) is 51.0 Å². The van der Waals surface area contributed by atoms with Gasteiger partial charge in [0.25, 0.3) is 0 Å². The Kier molecular flexibility index (Phi) is 6.50. The summed E-state index contributed by atoms with van der Waals surface area (Å²) in [5, 5.41) is 15.5. The van der Waals surface area contributed by atoms with Crippen molar-refractivity contribution >= 4 is 5.84 Å². The maximum absolute atomic E-state index is 8.94. The lowest BCUT2D eigenvalue weighted by atomic mass is 9.98. The van der Waals surface area contributed by atoms with Gasteiger partial charge in [-0.2, -0.15) is 0 Å². The molecule has 5 nitrogen and oxygen atoms in total. The second-order valence-corrected chi connectivity index (χ2v) is 5.59. The highest BCUT2D eigenvalue weighted by Gasteiger charge is 2.16. The van der Waals surface area contributed by atoms with E-state index in [2.05, 4.69) is 15.4 Å². The first kappa shape index (κ1) is 15.8. The Morgan fingerprint density at radius 2 is 2.00 bits per heavy atom. The topological polar surface area (TPSA) is 73.9 Å². The predicted octanol–water partition coefficient (Wildman–Crippen LogP) is 1.59. The zero-order valence-corrected chi connectivity index (χ0v) is 12.5. The molecule has 1 unspecified atom stereocenters. The van der Waals surface area contributed by atoms with E-state index in [1.807, 2.05) is 30.3 Å². The molecule has 0 spiro atoms. The molecule has 1 atom stereocenters. The second-order valence-electron chi connectivity index (χ2n) is 5.59. The van der Waals surface area contributed by atoms with E-state index < -0.39 is 0 Å². The van der Waals surface area contributed by atoms with Crippen LogP contribution in [0.2, 0.25) is 0 Å². The lowest BCUT2D eigenvalue weighted by Crippen LogP contribution is -2.33. The Labute approximate surface area is 126 Å². The normalized spacial score (nSPS) is 18.0. The molecule has 1 aromatic carbocycles. The zero-order chi connectivity index (χ0) is 14.9. The number of nitrogens with zero attached hydrogens (tertiary/aromatic N) is 2. The number of benzene rings is 1. The van der Waals surface area contributed by atoms with Gasteiger partial charge in [0.2, 0.25) is 0 Å². The van der Waals surface area contributed by atoms with Crippen molar-refractivity contribution in [1.29, 1.82) is 0 Å². The third kappa shape index (κ3) is 5.02. The van der Waals surface area contributed by atoms with Crippen LogP contribution in [0, 0.1) is 0 Å². The van der Waals surface area contributed by atoms with Crippen molar-refractivity contribution in [3.63, 3.8) is 0 Å². The van der Waals surface area contributed by atoms with Crippen LogP contribution in [0.4, 0.5) is 0 Å². The smallest absolute Gasteiger partial charge is 0.147 e. The van der Waals surface area contributed by atoms with E-state index in [1.165, 1.54) is 25.9 Å². The minimum absolute atomic E-state index is 0.0806. The van der Waals surface area contributed by atoms with Gasteiger partial charge in [0.1, 0.15) is 5.84 Å². The minimum atomic E-state index is -0.0806. The van der Waals surface area contributed by atoms with Crippen molar-refractivity contribution in [2.75, 3.05) is 32.7 Å². The Hall–Kier alpha value is -1.59. The predicted molar refractivity (Wildman–Crippen MR) is 85.8 cm³/mol. The van der Waals surface area contributed by atoms with E-state index in [4.69, 9.17) is 10.9 Å². The highest BCUT2D eigenvalue weighted by molar-refractivity contribution is 5.87.